The van der Waals surface area contributed by atoms with Gasteiger partial charge in [0.25, 0.3) is 0 Å². The molecule has 2 aromatic rings. The van der Waals surface area contributed by atoms with Crippen LogP contribution in [0.4, 0.5) is 0 Å². The lowest BCUT2D eigenvalue weighted by Gasteiger charge is -2.07. The molecule has 0 saturated carbocycles. The molecule has 1 aromatic carbocycles. The summed E-state index contributed by atoms with van der Waals surface area (Å²) in [6.45, 7) is 4.29. The summed E-state index contributed by atoms with van der Waals surface area (Å²) in [7, 11) is 0. The molecule has 0 bridgehead atoms. The van der Waals surface area contributed by atoms with Crippen molar-refractivity contribution >= 4 is 0 Å². The molecule has 1 aliphatic heterocycles. The molecule has 0 atom stereocenters. The van der Waals surface area contributed by atoms with E-state index in [2.05, 4.69) is 9.97 Å². The average molecular weight is 228 g/mol. The van der Waals surface area contributed by atoms with Crippen LogP contribution in [0.15, 0.2) is 24.5 Å². The van der Waals surface area contributed by atoms with Crippen molar-refractivity contribution in [2.45, 2.75) is 13.8 Å². The van der Waals surface area contributed by atoms with Gasteiger partial charge in [-0.3, -0.25) is 0 Å². The van der Waals surface area contributed by atoms with E-state index in [1.165, 1.54) is 0 Å². The van der Waals surface area contributed by atoms with Gasteiger partial charge in [0.1, 0.15) is 6.33 Å². The van der Waals surface area contributed by atoms with E-state index in [0.29, 0.717) is 6.79 Å². The first-order chi connectivity index (χ1) is 8.25. The summed E-state index contributed by atoms with van der Waals surface area (Å²) in [5.41, 5.74) is 4.05. The predicted molar refractivity (Wildman–Crippen MR) is 63.1 cm³/mol. The summed E-state index contributed by atoms with van der Waals surface area (Å²) >= 11 is 0. The summed E-state index contributed by atoms with van der Waals surface area (Å²) < 4.78 is 10.7. The largest absolute Gasteiger partial charge is 0.454 e. The molecule has 0 unspecified atom stereocenters. The molecule has 3 rings (SSSR count). The van der Waals surface area contributed by atoms with Crippen molar-refractivity contribution in [2.24, 2.45) is 0 Å². The number of ether oxygens (including phenoxy) is 2. The highest BCUT2D eigenvalue weighted by molar-refractivity contribution is 5.67. The van der Waals surface area contributed by atoms with Crippen LogP contribution in [0.5, 0.6) is 11.5 Å². The van der Waals surface area contributed by atoms with Crippen molar-refractivity contribution in [1.82, 2.24) is 9.97 Å². The summed E-state index contributed by atoms with van der Waals surface area (Å²) in [5.74, 6) is 1.57. The highest BCUT2D eigenvalue weighted by Crippen LogP contribution is 2.36. The molecule has 0 spiro atoms. The normalized spacial score (nSPS) is 12.8. The van der Waals surface area contributed by atoms with Crippen LogP contribution in [0.1, 0.15) is 11.3 Å². The minimum atomic E-state index is 0.292. The van der Waals surface area contributed by atoms with E-state index in [-0.39, 0.29) is 0 Å². The molecule has 2 heterocycles. The first kappa shape index (κ1) is 10.1. The lowest BCUT2D eigenvalue weighted by Crippen LogP contribution is -1.94. The Kier molecular flexibility index (Phi) is 2.21. The Bertz CT molecular complexity index is 582. The van der Waals surface area contributed by atoms with E-state index in [1.807, 2.05) is 32.0 Å². The van der Waals surface area contributed by atoms with Gasteiger partial charge in [-0.2, -0.15) is 0 Å². The Labute approximate surface area is 99.2 Å². The number of fused-ring (bicyclic) bond motifs is 1. The van der Waals surface area contributed by atoms with Gasteiger partial charge in [0.15, 0.2) is 11.5 Å². The van der Waals surface area contributed by atoms with E-state index in [0.717, 1.165) is 34.0 Å². The highest BCUT2D eigenvalue weighted by Gasteiger charge is 2.15. The Hall–Kier alpha value is -2.10. The maximum atomic E-state index is 5.37. The molecule has 86 valence electrons. The smallest absolute Gasteiger partial charge is 0.231 e. The fourth-order valence-corrected chi connectivity index (χ4v) is 1.87. The Morgan fingerprint density at radius 2 is 1.88 bits per heavy atom. The number of aryl methyl sites for hydroxylation is 1. The molecule has 0 saturated heterocycles. The fraction of sp³-hybridized carbons (Fsp3) is 0.231. The van der Waals surface area contributed by atoms with Gasteiger partial charge in [-0.25, -0.2) is 9.97 Å². The first-order valence-electron chi connectivity index (χ1n) is 5.44. The van der Waals surface area contributed by atoms with Crippen LogP contribution in [-0.2, 0) is 0 Å². The number of hydrogen-bond acceptors (Lipinski definition) is 4. The van der Waals surface area contributed by atoms with Crippen LogP contribution in [0, 0.1) is 13.8 Å². The molecule has 0 amide bonds. The molecular weight excluding hydrogens is 216 g/mol. The zero-order chi connectivity index (χ0) is 11.8. The zero-order valence-corrected chi connectivity index (χ0v) is 9.73. The van der Waals surface area contributed by atoms with Crippen molar-refractivity contribution in [1.29, 1.82) is 0 Å². The highest BCUT2D eigenvalue weighted by atomic mass is 16.7. The van der Waals surface area contributed by atoms with Gasteiger partial charge in [-0.1, -0.05) is 0 Å². The molecule has 17 heavy (non-hydrogen) atoms. The number of aromatic nitrogens is 2. The van der Waals surface area contributed by atoms with Crippen LogP contribution < -0.4 is 9.47 Å². The predicted octanol–water partition coefficient (Wildman–Crippen LogP) is 2.49. The van der Waals surface area contributed by atoms with Crippen molar-refractivity contribution < 1.29 is 9.47 Å². The Morgan fingerprint density at radius 1 is 1.06 bits per heavy atom. The standard InChI is InChI=1S/C13H12N2O2/c1-8-9(2)14-6-15-13(8)10-3-4-11-12(5-10)17-7-16-11/h3-6H,7H2,1-2H3. The van der Waals surface area contributed by atoms with Gasteiger partial charge in [0.2, 0.25) is 6.79 Å². The molecule has 1 aromatic heterocycles. The quantitative estimate of drug-likeness (QED) is 0.752. The van der Waals surface area contributed by atoms with Crippen molar-refractivity contribution in [2.75, 3.05) is 6.79 Å². The SMILES string of the molecule is Cc1ncnc(-c2ccc3c(c2)OCO3)c1C. The van der Waals surface area contributed by atoms with Crippen molar-refractivity contribution in [3.8, 4) is 22.8 Å². The number of nitrogens with zero attached hydrogens (tertiary/aromatic N) is 2. The second-order valence-corrected chi connectivity index (χ2v) is 4.00. The van der Waals surface area contributed by atoms with Crippen LogP contribution in [0.3, 0.4) is 0 Å². The molecule has 4 nitrogen and oxygen atoms in total. The number of rotatable bonds is 1. The van der Waals surface area contributed by atoms with Crippen molar-refractivity contribution in [3.05, 3.63) is 35.8 Å². The monoisotopic (exact) mass is 228 g/mol. The second kappa shape index (κ2) is 3.73. The van der Waals surface area contributed by atoms with Gasteiger partial charge >= 0.3 is 0 Å². The van der Waals surface area contributed by atoms with E-state index < -0.39 is 0 Å². The maximum absolute atomic E-state index is 5.37. The van der Waals surface area contributed by atoms with Crippen LogP contribution in [0.2, 0.25) is 0 Å². The summed E-state index contributed by atoms with van der Waals surface area (Å²) in [5, 5.41) is 0. The summed E-state index contributed by atoms with van der Waals surface area (Å²) in [6.07, 6.45) is 1.59. The molecular formula is C13H12N2O2. The molecule has 0 radical (unpaired) electrons. The van der Waals surface area contributed by atoms with Gasteiger partial charge in [-0.15, -0.1) is 0 Å². The zero-order valence-electron chi connectivity index (χ0n) is 9.73. The van der Waals surface area contributed by atoms with Gasteiger partial charge < -0.3 is 9.47 Å². The molecule has 0 fully saturated rings. The second-order valence-electron chi connectivity index (χ2n) is 4.00. The third kappa shape index (κ3) is 1.62. The van der Waals surface area contributed by atoms with E-state index >= 15 is 0 Å². The van der Waals surface area contributed by atoms with E-state index in [1.54, 1.807) is 6.33 Å². The maximum Gasteiger partial charge on any atom is 0.231 e. The van der Waals surface area contributed by atoms with Crippen LogP contribution in [-0.4, -0.2) is 16.8 Å². The third-order valence-electron chi connectivity index (χ3n) is 2.98. The van der Waals surface area contributed by atoms with Gasteiger partial charge in [0.05, 0.1) is 5.69 Å². The van der Waals surface area contributed by atoms with Crippen LogP contribution in [0.25, 0.3) is 11.3 Å². The van der Waals surface area contributed by atoms with Gasteiger partial charge in [-0.05, 0) is 37.6 Å². The molecule has 1 aliphatic rings. The Balaban J connectivity index is 2.13. The third-order valence-corrected chi connectivity index (χ3v) is 2.98. The van der Waals surface area contributed by atoms with E-state index in [4.69, 9.17) is 9.47 Å². The fourth-order valence-electron chi connectivity index (χ4n) is 1.87. The Morgan fingerprint density at radius 3 is 2.76 bits per heavy atom. The molecule has 4 heteroatoms. The average Bonchev–Trinajstić information content (AvgIpc) is 2.79. The van der Waals surface area contributed by atoms with Crippen molar-refractivity contribution in [3.63, 3.8) is 0 Å². The lowest BCUT2D eigenvalue weighted by atomic mass is 10.1. The summed E-state index contributed by atoms with van der Waals surface area (Å²) in [4.78, 5) is 8.50. The van der Waals surface area contributed by atoms with Crippen LogP contribution >= 0.6 is 0 Å². The minimum Gasteiger partial charge on any atom is -0.454 e. The molecule has 0 aliphatic carbocycles. The molecule has 0 N–H and O–H groups in total. The number of benzene rings is 1. The lowest BCUT2D eigenvalue weighted by molar-refractivity contribution is 0.174. The van der Waals surface area contributed by atoms with Gasteiger partial charge in [0, 0.05) is 11.3 Å². The minimum absolute atomic E-state index is 0.292. The topological polar surface area (TPSA) is 44.2 Å². The first-order valence-corrected chi connectivity index (χ1v) is 5.44. The summed E-state index contributed by atoms with van der Waals surface area (Å²) in [6, 6.07) is 5.86. The number of hydrogen-bond donors (Lipinski definition) is 0. The van der Waals surface area contributed by atoms with E-state index in [9.17, 15) is 0 Å².